The van der Waals surface area contributed by atoms with Gasteiger partial charge in [0.2, 0.25) is 0 Å². The zero-order valence-electron chi connectivity index (χ0n) is 11.2. The van der Waals surface area contributed by atoms with Gasteiger partial charge in [-0.1, -0.05) is 11.6 Å². The van der Waals surface area contributed by atoms with Crippen LogP contribution in [-0.2, 0) is 9.59 Å². The molecule has 0 saturated carbocycles. The maximum Gasteiger partial charge on any atom is 0.331 e. The van der Waals surface area contributed by atoms with Gasteiger partial charge in [0, 0.05) is 16.2 Å². The largest absolute Gasteiger partial charge is 0.478 e. The summed E-state index contributed by atoms with van der Waals surface area (Å²) in [7, 11) is 0. The molecular weight excluding hydrogens is 303 g/mol. The Morgan fingerprint density at radius 1 is 1.19 bits per heavy atom. The molecular formula is C13H12ClFN2O4. The Balaban J connectivity index is 2.76. The fourth-order valence-electron chi connectivity index (χ4n) is 1.27. The van der Waals surface area contributed by atoms with Crippen molar-refractivity contribution in [3.05, 3.63) is 40.2 Å². The molecule has 0 radical (unpaired) electrons. The summed E-state index contributed by atoms with van der Waals surface area (Å²) in [5, 5.41) is 12.9. The second-order valence-corrected chi connectivity index (χ2v) is 4.52. The lowest BCUT2D eigenvalue weighted by molar-refractivity contribution is -0.133. The van der Waals surface area contributed by atoms with Gasteiger partial charge < -0.3 is 10.4 Å². The summed E-state index contributed by atoms with van der Waals surface area (Å²) in [5.41, 5.74) is -0.492. The number of aliphatic carboxylic acids is 1. The van der Waals surface area contributed by atoms with Crippen molar-refractivity contribution in [1.29, 1.82) is 0 Å². The standard InChI is InChI=1S/C13H12ClFN2O4/c1-6(7(2)12(19)20)11(18)17-13(21)16-10-4-3-8(14)5-9(10)15/h3-5H,1-2H3,(H,19,20)(H2,16,17,18,21). The molecule has 1 aromatic rings. The monoisotopic (exact) mass is 314 g/mol. The molecule has 1 rings (SSSR count). The number of anilines is 1. The van der Waals surface area contributed by atoms with Crippen LogP contribution in [0.4, 0.5) is 14.9 Å². The van der Waals surface area contributed by atoms with Gasteiger partial charge in [-0.3, -0.25) is 10.1 Å². The number of carbonyl (C=O) groups excluding carboxylic acids is 2. The minimum absolute atomic E-state index is 0.130. The maximum atomic E-state index is 13.4. The minimum atomic E-state index is -1.27. The molecule has 112 valence electrons. The summed E-state index contributed by atoms with van der Waals surface area (Å²) >= 11 is 5.56. The quantitative estimate of drug-likeness (QED) is 0.747. The van der Waals surface area contributed by atoms with E-state index in [-0.39, 0.29) is 21.9 Å². The van der Waals surface area contributed by atoms with Gasteiger partial charge in [-0.05, 0) is 32.0 Å². The average Bonchev–Trinajstić information content (AvgIpc) is 2.40. The van der Waals surface area contributed by atoms with E-state index in [1.54, 1.807) is 0 Å². The van der Waals surface area contributed by atoms with E-state index in [0.717, 1.165) is 6.07 Å². The highest BCUT2D eigenvalue weighted by atomic mass is 35.5. The van der Waals surface area contributed by atoms with E-state index in [9.17, 15) is 18.8 Å². The molecule has 0 aromatic heterocycles. The van der Waals surface area contributed by atoms with Gasteiger partial charge in [-0.2, -0.15) is 0 Å². The molecule has 1 aromatic carbocycles. The predicted octanol–water partition coefficient (Wildman–Crippen LogP) is 2.55. The number of amides is 3. The Bertz CT molecular complexity index is 643. The van der Waals surface area contributed by atoms with Crippen LogP contribution >= 0.6 is 11.6 Å². The van der Waals surface area contributed by atoms with Crippen LogP contribution in [0.3, 0.4) is 0 Å². The lowest BCUT2D eigenvalue weighted by Crippen LogP contribution is -2.35. The van der Waals surface area contributed by atoms with E-state index < -0.39 is 23.7 Å². The number of hydrogen-bond acceptors (Lipinski definition) is 3. The first kappa shape index (κ1) is 16.6. The van der Waals surface area contributed by atoms with Crippen molar-refractivity contribution in [3.8, 4) is 0 Å². The van der Waals surface area contributed by atoms with Crippen LogP contribution in [-0.4, -0.2) is 23.0 Å². The third kappa shape index (κ3) is 4.57. The van der Waals surface area contributed by atoms with Crippen LogP contribution in [0.1, 0.15) is 13.8 Å². The summed E-state index contributed by atoms with van der Waals surface area (Å²) in [6.07, 6.45) is 0. The van der Waals surface area contributed by atoms with E-state index in [2.05, 4.69) is 5.32 Å². The normalized spacial score (nSPS) is 11.4. The molecule has 0 fully saturated rings. The van der Waals surface area contributed by atoms with Crippen molar-refractivity contribution in [2.45, 2.75) is 13.8 Å². The van der Waals surface area contributed by atoms with Gasteiger partial charge in [0.15, 0.2) is 0 Å². The predicted molar refractivity (Wildman–Crippen MR) is 74.6 cm³/mol. The fraction of sp³-hybridized carbons (Fsp3) is 0.154. The van der Waals surface area contributed by atoms with E-state index in [1.165, 1.54) is 26.0 Å². The molecule has 0 heterocycles. The smallest absolute Gasteiger partial charge is 0.331 e. The van der Waals surface area contributed by atoms with Crippen LogP contribution < -0.4 is 10.6 Å². The minimum Gasteiger partial charge on any atom is -0.478 e. The third-order valence-corrected chi connectivity index (χ3v) is 2.87. The van der Waals surface area contributed by atoms with Crippen molar-refractivity contribution >= 4 is 35.2 Å². The summed E-state index contributed by atoms with van der Waals surface area (Å²) < 4.78 is 13.4. The zero-order chi connectivity index (χ0) is 16.2. The van der Waals surface area contributed by atoms with Gasteiger partial charge in [0.1, 0.15) is 5.82 Å². The van der Waals surface area contributed by atoms with Crippen LogP contribution in [0.25, 0.3) is 0 Å². The van der Waals surface area contributed by atoms with Gasteiger partial charge in [0.05, 0.1) is 5.69 Å². The molecule has 21 heavy (non-hydrogen) atoms. The number of urea groups is 1. The molecule has 0 spiro atoms. The Labute approximate surface area is 124 Å². The summed E-state index contributed by atoms with van der Waals surface area (Å²) in [6, 6.07) is 2.60. The molecule has 0 unspecified atom stereocenters. The number of carboxylic acids is 1. The van der Waals surface area contributed by atoms with E-state index in [4.69, 9.17) is 16.7 Å². The van der Waals surface area contributed by atoms with Crippen molar-refractivity contribution in [2.24, 2.45) is 0 Å². The number of carbonyl (C=O) groups is 3. The summed E-state index contributed by atoms with van der Waals surface area (Å²) in [6.45, 7) is 2.49. The molecule has 0 bridgehead atoms. The number of carboxylic acid groups (broad SMARTS) is 1. The van der Waals surface area contributed by atoms with Crippen LogP contribution in [0.15, 0.2) is 29.3 Å². The number of hydrogen-bond donors (Lipinski definition) is 3. The molecule has 0 aliphatic rings. The van der Waals surface area contributed by atoms with Crippen LogP contribution in [0.2, 0.25) is 5.02 Å². The van der Waals surface area contributed by atoms with E-state index >= 15 is 0 Å². The van der Waals surface area contributed by atoms with Gasteiger partial charge in [-0.15, -0.1) is 0 Å². The first-order valence-electron chi connectivity index (χ1n) is 5.70. The van der Waals surface area contributed by atoms with Crippen LogP contribution in [0.5, 0.6) is 0 Å². The van der Waals surface area contributed by atoms with Crippen molar-refractivity contribution < 1.29 is 23.9 Å². The number of nitrogens with one attached hydrogen (secondary N) is 2. The molecule has 0 aliphatic heterocycles. The number of imide groups is 1. The molecule has 6 nitrogen and oxygen atoms in total. The first-order chi connectivity index (χ1) is 9.72. The SMILES string of the molecule is CC(C(=O)O)=C(C)C(=O)NC(=O)Nc1ccc(Cl)cc1F. The summed E-state index contributed by atoms with van der Waals surface area (Å²) in [4.78, 5) is 33.9. The van der Waals surface area contributed by atoms with Crippen molar-refractivity contribution in [3.63, 3.8) is 0 Å². The zero-order valence-corrected chi connectivity index (χ0v) is 11.9. The molecule has 8 heteroatoms. The van der Waals surface area contributed by atoms with Crippen molar-refractivity contribution in [1.82, 2.24) is 5.32 Å². The molecule has 0 atom stereocenters. The molecule has 0 saturated heterocycles. The number of benzene rings is 1. The van der Waals surface area contributed by atoms with Gasteiger partial charge >= 0.3 is 12.0 Å². The van der Waals surface area contributed by atoms with Crippen LogP contribution in [0, 0.1) is 5.82 Å². The molecule has 3 N–H and O–H groups in total. The Hall–Kier alpha value is -2.41. The Morgan fingerprint density at radius 2 is 1.81 bits per heavy atom. The Kier molecular flexibility index (Phi) is 5.43. The highest BCUT2D eigenvalue weighted by Crippen LogP contribution is 2.18. The topological polar surface area (TPSA) is 95.5 Å². The lowest BCUT2D eigenvalue weighted by atomic mass is 10.1. The Morgan fingerprint density at radius 3 is 2.33 bits per heavy atom. The van der Waals surface area contributed by atoms with Gasteiger partial charge in [-0.25, -0.2) is 14.0 Å². The maximum absolute atomic E-state index is 13.4. The first-order valence-corrected chi connectivity index (χ1v) is 6.08. The molecule has 0 aliphatic carbocycles. The fourth-order valence-corrected chi connectivity index (χ4v) is 1.43. The summed E-state index contributed by atoms with van der Waals surface area (Å²) in [5.74, 6) is -2.92. The van der Waals surface area contributed by atoms with Crippen molar-refractivity contribution in [2.75, 3.05) is 5.32 Å². The number of halogens is 2. The lowest BCUT2D eigenvalue weighted by Gasteiger charge is -2.08. The average molecular weight is 315 g/mol. The highest BCUT2D eigenvalue weighted by Gasteiger charge is 2.16. The number of rotatable bonds is 3. The highest BCUT2D eigenvalue weighted by molar-refractivity contribution is 6.30. The van der Waals surface area contributed by atoms with E-state index in [0.29, 0.717) is 0 Å². The van der Waals surface area contributed by atoms with Gasteiger partial charge in [0.25, 0.3) is 5.91 Å². The second-order valence-electron chi connectivity index (χ2n) is 4.09. The molecule has 3 amide bonds. The third-order valence-electron chi connectivity index (χ3n) is 2.63. The van der Waals surface area contributed by atoms with E-state index in [1.807, 2.05) is 5.32 Å². The second kappa shape index (κ2) is 6.85.